The number of ether oxygens (including phenoxy) is 1. The van der Waals surface area contributed by atoms with Gasteiger partial charge in [0.25, 0.3) is 0 Å². The summed E-state index contributed by atoms with van der Waals surface area (Å²) >= 11 is 0. The minimum atomic E-state index is -2.69. The molecule has 0 radical (unpaired) electrons. The van der Waals surface area contributed by atoms with Crippen LogP contribution in [0.4, 0.5) is 0 Å². The molecule has 6 heteroatoms. The summed E-state index contributed by atoms with van der Waals surface area (Å²) in [7, 11) is 2.23. The van der Waals surface area contributed by atoms with Crippen LogP contribution in [0.3, 0.4) is 0 Å². The van der Waals surface area contributed by atoms with Crippen LogP contribution in [0.5, 0.6) is 0 Å². The monoisotopic (exact) mass is 301 g/mol. The quantitative estimate of drug-likeness (QED) is 0.444. The zero-order chi connectivity index (χ0) is 15.2. The van der Waals surface area contributed by atoms with Crippen molar-refractivity contribution in [2.45, 2.75) is 44.0 Å². The molecule has 0 aromatic carbocycles. The van der Waals surface area contributed by atoms with Gasteiger partial charge in [0, 0.05) is 27.2 Å². The number of hydrogen-bond donors (Lipinski definition) is 1. The van der Waals surface area contributed by atoms with Gasteiger partial charge in [-0.25, -0.2) is 0 Å². The Bertz CT molecular complexity index is 344. The maximum atomic E-state index is 11.9. The Kier molecular flexibility index (Phi) is 6.38. The normalized spacial score (nSPS) is 28.9. The molecule has 0 aromatic rings. The summed E-state index contributed by atoms with van der Waals surface area (Å²) in [5.41, 5.74) is 0. The average molecular weight is 301 g/mol. The molecule has 1 N–H and O–H groups in total. The molecule has 20 heavy (non-hydrogen) atoms. The minimum absolute atomic E-state index is 0.196. The summed E-state index contributed by atoms with van der Waals surface area (Å²) < 4.78 is 17.4. The number of nitrogens with one attached hydrogen (secondary N) is 1. The van der Waals surface area contributed by atoms with Crippen molar-refractivity contribution in [3.05, 3.63) is 12.7 Å². The van der Waals surface area contributed by atoms with Gasteiger partial charge in [0.15, 0.2) is 5.35 Å². The van der Waals surface area contributed by atoms with E-state index in [0.29, 0.717) is 0 Å². The van der Waals surface area contributed by atoms with Crippen LogP contribution in [0, 0.1) is 5.92 Å². The van der Waals surface area contributed by atoms with Crippen LogP contribution < -0.4 is 5.32 Å². The van der Waals surface area contributed by atoms with E-state index in [0.717, 1.165) is 31.7 Å². The first kappa shape index (κ1) is 17.4. The fraction of sp³-hybridized carbons (Fsp3) is 0.786. The summed E-state index contributed by atoms with van der Waals surface area (Å²) in [6.45, 7) is 5.66. The van der Waals surface area contributed by atoms with E-state index in [9.17, 15) is 4.79 Å². The highest BCUT2D eigenvalue weighted by atomic mass is 28.4. The van der Waals surface area contributed by atoms with E-state index in [1.54, 1.807) is 21.3 Å². The van der Waals surface area contributed by atoms with Crippen molar-refractivity contribution in [2.24, 2.45) is 5.92 Å². The molecular weight excluding hydrogens is 274 g/mol. The predicted molar refractivity (Wildman–Crippen MR) is 80.3 cm³/mol. The first-order chi connectivity index (χ1) is 9.55. The average Bonchev–Trinajstić information content (AvgIpc) is 2.48. The molecule has 0 aliphatic carbocycles. The van der Waals surface area contributed by atoms with Crippen LogP contribution in [0.15, 0.2) is 12.7 Å². The SMILES string of the molecule is C=CC(=O)NC1(OC)C(CCC)CCC[Si]1(OC)OC. The lowest BCUT2D eigenvalue weighted by molar-refractivity contribution is -0.130. The van der Waals surface area contributed by atoms with E-state index < -0.39 is 13.9 Å². The van der Waals surface area contributed by atoms with Crippen molar-refractivity contribution in [1.29, 1.82) is 0 Å². The number of carbonyl (C=O) groups is 1. The van der Waals surface area contributed by atoms with Gasteiger partial charge in [-0.1, -0.05) is 26.3 Å². The second-order valence-electron chi connectivity index (χ2n) is 5.17. The van der Waals surface area contributed by atoms with Gasteiger partial charge in [0.2, 0.25) is 5.91 Å². The van der Waals surface area contributed by atoms with Gasteiger partial charge in [-0.2, -0.15) is 0 Å². The molecule has 0 bridgehead atoms. The molecule has 1 amide bonds. The summed E-state index contributed by atoms with van der Waals surface area (Å²) in [5.74, 6) is -0.0532. The Morgan fingerprint density at radius 2 is 2.10 bits per heavy atom. The molecule has 1 rings (SSSR count). The number of methoxy groups -OCH3 is 1. The van der Waals surface area contributed by atoms with Crippen LogP contribution in [-0.4, -0.2) is 41.1 Å². The van der Waals surface area contributed by atoms with Gasteiger partial charge in [-0.15, -0.1) is 0 Å². The molecule has 1 saturated heterocycles. The summed E-state index contributed by atoms with van der Waals surface area (Å²) in [5, 5.41) is 2.14. The molecule has 1 heterocycles. The zero-order valence-corrected chi connectivity index (χ0v) is 14.0. The van der Waals surface area contributed by atoms with Crippen molar-refractivity contribution in [3.63, 3.8) is 0 Å². The highest BCUT2D eigenvalue weighted by Gasteiger charge is 2.64. The number of hydrogen-bond acceptors (Lipinski definition) is 4. The third-order valence-electron chi connectivity index (χ3n) is 4.31. The first-order valence-corrected chi connectivity index (χ1v) is 9.18. The van der Waals surface area contributed by atoms with E-state index in [4.69, 9.17) is 13.6 Å². The van der Waals surface area contributed by atoms with Crippen LogP contribution in [0.25, 0.3) is 0 Å². The second kappa shape index (κ2) is 7.35. The molecule has 2 atom stereocenters. The van der Waals surface area contributed by atoms with Gasteiger partial charge in [0.1, 0.15) is 0 Å². The molecular formula is C14H27NO4Si. The highest BCUT2D eigenvalue weighted by Crippen LogP contribution is 2.44. The minimum Gasteiger partial charge on any atom is -0.395 e. The number of amides is 1. The van der Waals surface area contributed by atoms with E-state index in [-0.39, 0.29) is 11.8 Å². The first-order valence-electron chi connectivity index (χ1n) is 7.15. The Labute approximate surface area is 122 Å². The van der Waals surface area contributed by atoms with Crippen LogP contribution in [-0.2, 0) is 18.4 Å². The van der Waals surface area contributed by atoms with Gasteiger partial charge in [-0.3, -0.25) is 4.79 Å². The summed E-state index contributed by atoms with van der Waals surface area (Å²) in [6.07, 6.45) is 5.29. The van der Waals surface area contributed by atoms with Crippen molar-refractivity contribution < 1.29 is 18.4 Å². The standard InChI is InChI=1S/C14H27NO4Si/c1-6-9-12-10-8-11-20(18-4,19-5)14(12,17-3)15-13(16)7-2/h7,12H,2,6,8-11H2,1,3-5H3,(H,15,16). The van der Waals surface area contributed by atoms with Crippen molar-refractivity contribution in [1.82, 2.24) is 5.32 Å². The summed E-state index contributed by atoms with van der Waals surface area (Å²) in [4.78, 5) is 11.9. The topological polar surface area (TPSA) is 56.8 Å². The van der Waals surface area contributed by atoms with E-state index in [1.807, 2.05) is 0 Å². The smallest absolute Gasteiger partial charge is 0.392 e. The van der Waals surface area contributed by atoms with Crippen molar-refractivity contribution >= 4 is 14.5 Å². The molecule has 5 nitrogen and oxygen atoms in total. The van der Waals surface area contributed by atoms with E-state index >= 15 is 0 Å². The zero-order valence-electron chi connectivity index (χ0n) is 13.0. The van der Waals surface area contributed by atoms with E-state index in [1.165, 1.54) is 6.08 Å². The molecule has 0 aromatic heterocycles. The Morgan fingerprint density at radius 1 is 1.45 bits per heavy atom. The Balaban J connectivity index is 3.26. The Morgan fingerprint density at radius 3 is 2.55 bits per heavy atom. The molecule has 0 spiro atoms. The maximum Gasteiger partial charge on any atom is 0.392 e. The largest absolute Gasteiger partial charge is 0.395 e. The lowest BCUT2D eigenvalue weighted by atomic mass is 9.95. The predicted octanol–water partition coefficient (Wildman–Crippen LogP) is 2.12. The third kappa shape index (κ3) is 2.83. The van der Waals surface area contributed by atoms with Crippen LogP contribution >= 0.6 is 0 Å². The fourth-order valence-electron chi connectivity index (χ4n) is 3.37. The Hall–Kier alpha value is -0.693. The molecule has 0 saturated carbocycles. The van der Waals surface area contributed by atoms with Crippen molar-refractivity contribution in [2.75, 3.05) is 21.3 Å². The third-order valence-corrected chi connectivity index (χ3v) is 8.51. The summed E-state index contributed by atoms with van der Waals surface area (Å²) in [6, 6.07) is 0.811. The fourth-order valence-corrected chi connectivity index (χ4v) is 7.13. The maximum absolute atomic E-state index is 11.9. The molecule has 116 valence electrons. The molecule has 1 fully saturated rings. The molecule has 1 aliphatic heterocycles. The van der Waals surface area contributed by atoms with Crippen LogP contribution in [0.2, 0.25) is 6.04 Å². The van der Waals surface area contributed by atoms with Gasteiger partial charge < -0.3 is 18.9 Å². The lowest BCUT2D eigenvalue weighted by Gasteiger charge is -2.52. The van der Waals surface area contributed by atoms with Gasteiger partial charge in [-0.05, 0) is 25.0 Å². The number of rotatable bonds is 7. The van der Waals surface area contributed by atoms with E-state index in [2.05, 4.69) is 18.8 Å². The highest BCUT2D eigenvalue weighted by molar-refractivity contribution is 6.71. The number of carbonyl (C=O) groups excluding carboxylic acids is 1. The van der Waals surface area contributed by atoms with Crippen molar-refractivity contribution in [3.8, 4) is 0 Å². The van der Waals surface area contributed by atoms with Crippen LogP contribution in [0.1, 0.15) is 32.6 Å². The molecule has 1 aliphatic rings. The van der Waals surface area contributed by atoms with Gasteiger partial charge in [0.05, 0.1) is 0 Å². The molecule has 2 unspecified atom stereocenters. The lowest BCUT2D eigenvalue weighted by Crippen LogP contribution is -2.75. The second-order valence-corrected chi connectivity index (χ2v) is 8.74. The van der Waals surface area contributed by atoms with Gasteiger partial charge >= 0.3 is 8.56 Å².